The van der Waals surface area contributed by atoms with Crippen molar-refractivity contribution in [1.82, 2.24) is 5.32 Å². The number of carbonyl (C=O) groups is 2. The number of nitrogens with zero attached hydrogens (tertiary/aromatic N) is 1. The number of benzene rings is 1. The van der Waals surface area contributed by atoms with E-state index in [1.54, 1.807) is 23.1 Å². The van der Waals surface area contributed by atoms with Gasteiger partial charge < -0.3 is 10.1 Å². The van der Waals surface area contributed by atoms with Gasteiger partial charge >= 0.3 is 6.03 Å². The molecule has 0 aliphatic carbocycles. The molecule has 0 atom stereocenters. The van der Waals surface area contributed by atoms with Crippen molar-refractivity contribution in [3.8, 4) is 5.75 Å². The third-order valence-electron chi connectivity index (χ3n) is 2.49. The van der Waals surface area contributed by atoms with Gasteiger partial charge in [-0.25, -0.2) is 4.79 Å². The zero-order valence-corrected chi connectivity index (χ0v) is 8.90. The lowest BCUT2D eigenvalue weighted by atomic mass is 10.2. The van der Waals surface area contributed by atoms with Crippen LogP contribution in [0.3, 0.4) is 0 Å². The normalized spacial score (nSPS) is 14.8. The van der Waals surface area contributed by atoms with Gasteiger partial charge in [0, 0.05) is 18.7 Å². The second-order valence-electron chi connectivity index (χ2n) is 3.43. The first kappa shape index (κ1) is 10.5. The number of anilines is 1. The number of aldehydes is 1. The Morgan fingerprint density at radius 3 is 2.88 bits per heavy atom. The fraction of sp³-hybridized carbons (Fsp3) is 0.273. The predicted octanol–water partition coefficient (Wildman–Crippen LogP) is 1.04. The smallest absolute Gasteiger partial charge is 0.322 e. The lowest BCUT2D eigenvalue weighted by Gasteiger charge is -2.17. The standard InChI is InChI=1S/C11H12N2O3/c1-16-10-6-8(7-14)2-3-9(10)13-5-4-12-11(13)15/h2-3,6-7H,4-5H2,1H3,(H,12,15). The summed E-state index contributed by atoms with van der Waals surface area (Å²) in [4.78, 5) is 23.7. The van der Waals surface area contributed by atoms with E-state index < -0.39 is 0 Å². The van der Waals surface area contributed by atoms with Gasteiger partial charge in [-0.05, 0) is 18.2 Å². The number of hydrogen-bond donors (Lipinski definition) is 1. The van der Waals surface area contributed by atoms with Gasteiger partial charge in [0.15, 0.2) is 0 Å². The van der Waals surface area contributed by atoms with E-state index >= 15 is 0 Å². The maximum absolute atomic E-state index is 11.5. The molecule has 1 N–H and O–H groups in total. The van der Waals surface area contributed by atoms with Crippen molar-refractivity contribution < 1.29 is 14.3 Å². The maximum atomic E-state index is 11.5. The summed E-state index contributed by atoms with van der Waals surface area (Å²) < 4.78 is 5.17. The molecule has 1 aromatic rings. The number of rotatable bonds is 3. The topological polar surface area (TPSA) is 58.6 Å². The lowest BCUT2D eigenvalue weighted by Crippen LogP contribution is -2.28. The van der Waals surface area contributed by atoms with Crippen LogP contribution in [-0.4, -0.2) is 32.5 Å². The Balaban J connectivity index is 2.39. The van der Waals surface area contributed by atoms with Crippen LogP contribution >= 0.6 is 0 Å². The summed E-state index contributed by atoms with van der Waals surface area (Å²) in [6, 6.07) is 4.86. The lowest BCUT2D eigenvalue weighted by molar-refractivity contribution is 0.112. The summed E-state index contributed by atoms with van der Waals surface area (Å²) in [5.74, 6) is 0.529. The number of urea groups is 1. The summed E-state index contributed by atoms with van der Waals surface area (Å²) in [5.41, 5.74) is 1.21. The van der Waals surface area contributed by atoms with Crippen molar-refractivity contribution in [3.05, 3.63) is 23.8 Å². The quantitative estimate of drug-likeness (QED) is 0.774. The van der Waals surface area contributed by atoms with Crippen LogP contribution in [0.4, 0.5) is 10.5 Å². The molecule has 1 heterocycles. The first-order valence-corrected chi connectivity index (χ1v) is 4.95. The molecule has 84 valence electrons. The molecule has 16 heavy (non-hydrogen) atoms. The summed E-state index contributed by atoms with van der Waals surface area (Å²) >= 11 is 0. The first-order chi connectivity index (χ1) is 7.76. The highest BCUT2D eigenvalue weighted by Gasteiger charge is 2.23. The molecule has 0 aromatic heterocycles. The highest BCUT2D eigenvalue weighted by atomic mass is 16.5. The Bertz CT molecular complexity index is 431. The molecule has 0 bridgehead atoms. The molecule has 1 fully saturated rings. The summed E-state index contributed by atoms with van der Waals surface area (Å²) in [5, 5.41) is 2.71. The monoisotopic (exact) mass is 220 g/mol. The average molecular weight is 220 g/mol. The van der Waals surface area contributed by atoms with E-state index in [-0.39, 0.29) is 6.03 Å². The SMILES string of the molecule is COc1cc(C=O)ccc1N1CCNC1=O. The van der Waals surface area contributed by atoms with Crippen molar-refractivity contribution in [1.29, 1.82) is 0 Å². The van der Waals surface area contributed by atoms with Crippen LogP contribution < -0.4 is 15.0 Å². The van der Waals surface area contributed by atoms with Crippen LogP contribution in [-0.2, 0) is 0 Å². The third kappa shape index (κ3) is 1.71. The highest BCUT2D eigenvalue weighted by Crippen LogP contribution is 2.29. The number of carbonyl (C=O) groups excluding carboxylic acids is 2. The molecule has 2 amide bonds. The number of ether oxygens (including phenoxy) is 1. The van der Waals surface area contributed by atoms with E-state index in [1.807, 2.05) is 0 Å². The fourth-order valence-electron chi connectivity index (χ4n) is 1.69. The molecule has 1 saturated heterocycles. The molecular weight excluding hydrogens is 208 g/mol. The van der Waals surface area contributed by atoms with Crippen LogP contribution in [0.2, 0.25) is 0 Å². The van der Waals surface area contributed by atoms with Crippen LogP contribution in [0.25, 0.3) is 0 Å². The Morgan fingerprint density at radius 1 is 1.50 bits per heavy atom. The second-order valence-corrected chi connectivity index (χ2v) is 3.43. The van der Waals surface area contributed by atoms with Gasteiger partial charge in [0.05, 0.1) is 12.8 Å². The Hall–Kier alpha value is -2.04. The molecule has 1 aliphatic rings. The molecular formula is C11H12N2O3. The van der Waals surface area contributed by atoms with Crippen molar-refractivity contribution in [3.63, 3.8) is 0 Å². The van der Waals surface area contributed by atoms with Gasteiger partial charge in [0.2, 0.25) is 0 Å². The Morgan fingerprint density at radius 2 is 2.31 bits per heavy atom. The number of hydrogen-bond acceptors (Lipinski definition) is 3. The molecule has 0 saturated carbocycles. The maximum Gasteiger partial charge on any atom is 0.322 e. The molecule has 1 aromatic carbocycles. The fourth-order valence-corrected chi connectivity index (χ4v) is 1.69. The van der Waals surface area contributed by atoms with E-state index in [9.17, 15) is 9.59 Å². The third-order valence-corrected chi connectivity index (χ3v) is 2.49. The molecule has 2 rings (SSSR count). The summed E-state index contributed by atoms with van der Waals surface area (Å²) in [7, 11) is 1.52. The minimum Gasteiger partial charge on any atom is -0.495 e. The van der Waals surface area contributed by atoms with E-state index in [0.717, 1.165) is 6.29 Å². The highest BCUT2D eigenvalue weighted by molar-refractivity contribution is 5.96. The minimum absolute atomic E-state index is 0.142. The molecule has 0 unspecified atom stereocenters. The van der Waals surface area contributed by atoms with Gasteiger partial charge in [0.25, 0.3) is 0 Å². The van der Waals surface area contributed by atoms with E-state index in [0.29, 0.717) is 30.1 Å². The first-order valence-electron chi connectivity index (χ1n) is 4.95. The van der Waals surface area contributed by atoms with Crippen molar-refractivity contribution in [2.24, 2.45) is 0 Å². The largest absolute Gasteiger partial charge is 0.495 e. The zero-order valence-electron chi connectivity index (χ0n) is 8.90. The van der Waals surface area contributed by atoms with Crippen molar-refractivity contribution >= 4 is 18.0 Å². The molecule has 5 nitrogen and oxygen atoms in total. The average Bonchev–Trinajstić information content (AvgIpc) is 2.74. The molecule has 0 radical (unpaired) electrons. The van der Waals surface area contributed by atoms with Gasteiger partial charge in [-0.1, -0.05) is 0 Å². The van der Waals surface area contributed by atoms with E-state index in [1.165, 1.54) is 7.11 Å². The van der Waals surface area contributed by atoms with Gasteiger partial charge in [-0.3, -0.25) is 9.69 Å². The Kier molecular flexibility index (Phi) is 2.76. The van der Waals surface area contributed by atoms with Crippen LogP contribution in [0.1, 0.15) is 10.4 Å². The van der Waals surface area contributed by atoms with Crippen LogP contribution in [0.15, 0.2) is 18.2 Å². The van der Waals surface area contributed by atoms with Gasteiger partial charge in [-0.15, -0.1) is 0 Å². The van der Waals surface area contributed by atoms with Crippen LogP contribution in [0.5, 0.6) is 5.75 Å². The molecule has 5 heteroatoms. The number of methoxy groups -OCH3 is 1. The zero-order chi connectivity index (χ0) is 11.5. The molecule has 0 spiro atoms. The minimum atomic E-state index is -0.142. The number of amides is 2. The van der Waals surface area contributed by atoms with Crippen LogP contribution in [0, 0.1) is 0 Å². The van der Waals surface area contributed by atoms with Crippen molar-refractivity contribution in [2.75, 3.05) is 25.1 Å². The van der Waals surface area contributed by atoms with Gasteiger partial charge in [-0.2, -0.15) is 0 Å². The van der Waals surface area contributed by atoms with E-state index in [2.05, 4.69) is 5.32 Å². The van der Waals surface area contributed by atoms with Gasteiger partial charge in [0.1, 0.15) is 12.0 Å². The number of nitrogens with one attached hydrogen (secondary N) is 1. The summed E-state index contributed by atoms with van der Waals surface area (Å²) in [6.07, 6.45) is 0.746. The van der Waals surface area contributed by atoms with E-state index in [4.69, 9.17) is 4.74 Å². The predicted molar refractivity (Wildman–Crippen MR) is 59.1 cm³/mol. The molecule has 1 aliphatic heterocycles. The Labute approximate surface area is 93.0 Å². The summed E-state index contributed by atoms with van der Waals surface area (Å²) in [6.45, 7) is 1.23. The van der Waals surface area contributed by atoms with Crippen molar-refractivity contribution in [2.45, 2.75) is 0 Å². The second kappa shape index (κ2) is 4.22.